The van der Waals surface area contributed by atoms with Gasteiger partial charge >= 0.3 is 5.97 Å². The van der Waals surface area contributed by atoms with E-state index in [1.165, 1.54) is 10.4 Å². The van der Waals surface area contributed by atoms with Crippen LogP contribution in [0.3, 0.4) is 0 Å². The Morgan fingerprint density at radius 3 is 2.89 bits per heavy atom. The van der Waals surface area contributed by atoms with Crippen molar-refractivity contribution in [2.45, 2.75) is 50.2 Å². The van der Waals surface area contributed by atoms with Crippen LogP contribution in [0.5, 0.6) is 0 Å². The van der Waals surface area contributed by atoms with E-state index in [0.29, 0.717) is 19.7 Å². The molecule has 3 aliphatic rings. The Hall–Kier alpha value is -1.70. The van der Waals surface area contributed by atoms with E-state index in [4.69, 9.17) is 9.84 Å². The zero-order valence-electron chi connectivity index (χ0n) is 15.4. The second-order valence-electron chi connectivity index (χ2n) is 7.67. The lowest BCUT2D eigenvalue weighted by Gasteiger charge is -2.43. The van der Waals surface area contributed by atoms with Crippen molar-refractivity contribution in [2.24, 2.45) is 0 Å². The van der Waals surface area contributed by atoms with E-state index in [1.807, 2.05) is 11.0 Å². The molecule has 0 aromatic carbocycles. The number of amides is 1. The summed E-state index contributed by atoms with van der Waals surface area (Å²) >= 11 is 1.56. The highest BCUT2D eigenvalue weighted by atomic mass is 32.1. The number of allylic oxidation sites excluding steroid dienone is 1. The van der Waals surface area contributed by atoms with Gasteiger partial charge in [0.05, 0.1) is 18.0 Å². The summed E-state index contributed by atoms with van der Waals surface area (Å²) in [5.41, 5.74) is 0.874. The van der Waals surface area contributed by atoms with Crippen LogP contribution in [0.25, 0.3) is 0 Å². The number of fused-ring (bicyclic) bond motifs is 2. The van der Waals surface area contributed by atoms with Gasteiger partial charge in [-0.3, -0.25) is 14.5 Å². The Kier molecular flexibility index (Phi) is 5.34. The molecule has 146 valence electrons. The summed E-state index contributed by atoms with van der Waals surface area (Å²) in [5.74, 6) is -0.785. The number of aliphatic carboxylic acids is 1. The van der Waals surface area contributed by atoms with E-state index in [1.54, 1.807) is 11.3 Å². The van der Waals surface area contributed by atoms with Crippen molar-refractivity contribution in [3.8, 4) is 0 Å². The Morgan fingerprint density at radius 2 is 2.19 bits per heavy atom. The van der Waals surface area contributed by atoms with Crippen molar-refractivity contribution in [3.63, 3.8) is 0 Å². The summed E-state index contributed by atoms with van der Waals surface area (Å²) in [6.45, 7) is 2.15. The molecule has 2 N–H and O–H groups in total. The Balaban J connectivity index is 1.48. The zero-order chi connectivity index (χ0) is 18.9. The minimum absolute atomic E-state index is 0.00409. The van der Waals surface area contributed by atoms with Crippen LogP contribution in [-0.2, 0) is 21.6 Å². The van der Waals surface area contributed by atoms with Gasteiger partial charge in [-0.1, -0.05) is 12.2 Å². The molecule has 2 aliphatic heterocycles. The number of carbonyl (C=O) groups is 2. The molecule has 7 heteroatoms. The molecular weight excluding hydrogens is 364 g/mol. The summed E-state index contributed by atoms with van der Waals surface area (Å²) in [5, 5.41) is 12.1. The quantitative estimate of drug-likeness (QED) is 0.773. The first kappa shape index (κ1) is 18.7. The van der Waals surface area contributed by atoms with Crippen LogP contribution in [0.1, 0.15) is 52.2 Å². The molecule has 27 heavy (non-hydrogen) atoms. The van der Waals surface area contributed by atoms with Gasteiger partial charge in [0.15, 0.2) is 0 Å². The fourth-order valence-electron chi connectivity index (χ4n) is 4.34. The predicted octanol–water partition coefficient (Wildman–Crippen LogP) is 2.54. The standard InChI is InChI=1S/C20H26N2O4S/c23-17(24)13-22-9-7-20(8-10-22)18-14(6-11-26-20)12-16(27-18)19(25)21-15-4-2-1-3-5-15/h2,4,12,15H,1,3,5-11,13H2,(H,21,25)(H,23,24). The number of nitrogens with one attached hydrogen (secondary N) is 1. The van der Waals surface area contributed by atoms with Crippen LogP contribution in [0.15, 0.2) is 18.2 Å². The second kappa shape index (κ2) is 7.73. The number of thiophene rings is 1. The van der Waals surface area contributed by atoms with E-state index in [0.717, 1.165) is 43.4 Å². The maximum atomic E-state index is 12.7. The lowest BCUT2D eigenvalue weighted by atomic mass is 9.85. The van der Waals surface area contributed by atoms with Crippen molar-refractivity contribution in [1.29, 1.82) is 0 Å². The maximum Gasteiger partial charge on any atom is 0.317 e. The summed E-state index contributed by atoms with van der Waals surface area (Å²) in [4.78, 5) is 27.6. The molecule has 1 saturated heterocycles. The van der Waals surface area contributed by atoms with Crippen molar-refractivity contribution in [3.05, 3.63) is 33.5 Å². The fraction of sp³-hybridized carbons (Fsp3) is 0.600. The number of carboxylic acid groups (broad SMARTS) is 1. The predicted molar refractivity (Wildman–Crippen MR) is 103 cm³/mol. The van der Waals surface area contributed by atoms with Gasteiger partial charge in [0.1, 0.15) is 5.60 Å². The minimum atomic E-state index is -0.789. The topological polar surface area (TPSA) is 78.9 Å². The lowest BCUT2D eigenvalue weighted by molar-refractivity contribution is -0.141. The molecule has 1 fully saturated rings. The molecule has 1 aliphatic carbocycles. The van der Waals surface area contributed by atoms with Crippen molar-refractivity contribution >= 4 is 23.2 Å². The van der Waals surface area contributed by atoms with Crippen LogP contribution in [0.2, 0.25) is 0 Å². The van der Waals surface area contributed by atoms with Crippen LogP contribution < -0.4 is 5.32 Å². The molecule has 1 unspecified atom stereocenters. The molecular formula is C20H26N2O4S. The number of carbonyl (C=O) groups excluding carboxylic acids is 1. The average molecular weight is 391 g/mol. The van der Waals surface area contributed by atoms with Gasteiger partial charge in [-0.2, -0.15) is 0 Å². The Bertz CT molecular complexity index is 749. The summed E-state index contributed by atoms with van der Waals surface area (Å²) in [7, 11) is 0. The molecule has 6 nitrogen and oxygen atoms in total. The number of ether oxygens (including phenoxy) is 1. The van der Waals surface area contributed by atoms with E-state index >= 15 is 0 Å². The van der Waals surface area contributed by atoms with Gasteiger partial charge in [-0.15, -0.1) is 11.3 Å². The molecule has 3 heterocycles. The number of piperidine rings is 1. The van der Waals surface area contributed by atoms with E-state index in [2.05, 4.69) is 17.5 Å². The van der Waals surface area contributed by atoms with Crippen LogP contribution in [0.4, 0.5) is 0 Å². The molecule has 1 aromatic heterocycles. The second-order valence-corrected chi connectivity index (χ2v) is 8.72. The summed E-state index contributed by atoms with van der Waals surface area (Å²) < 4.78 is 6.22. The molecule has 1 aromatic rings. The summed E-state index contributed by atoms with van der Waals surface area (Å²) in [6.07, 6.45) is 9.84. The molecule has 4 rings (SSSR count). The van der Waals surface area contributed by atoms with Crippen molar-refractivity contribution < 1.29 is 19.4 Å². The fourth-order valence-corrected chi connectivity index (χ4v) is 5.65. The van der Waals surface area contributed by atoms with Crippen LogP contribution in [-0.4, -0.2) is 54.2 Å². The van der Waals surface area contributed by atoms with Gasteiger partial charge < -0.3 is 15.2 Å². The van der Waals surface area contributed by atoms with E-state index < -0.39 is 5.97 Å². The molecule has 1 spiro atoms. The first-order valence-electron chi connectivity index (χ1n) is 9.74. The van der Waals surface area contributed by atoms with Crippen LogP contribution >= 0.6 is 11.3 Å². The zero-order valence-corrected chi connectivity index (χ0v) is 16.2. The van der Waals surface area contributed by atoms with Crippen LogP contribution in [0, 0.1) is 0 Å². The average Bonchev–Trinajstić information content (AvgIpc) is 3.10. The minimum Gasteiger partial charge on any atom is -0.480 e. The monoisotopic (exact) mass is 390 g/mol. The highest BCUT2D eigenvalue weighted by Crippen LogP contribution is 2.45. The first-order valence-corrected chi connectivity index (χ1v) is 10.6. The van der Waals surface area contributed by atoms with Gasteiger partial charge in [0, 0.05) is 24.0 Å². The normalized spacial score (nSPS) is 24.5. The first-order chi connectivity index (χ1) is 13.1. The smallest absolute Gasteiger partial charge is 0.317 e. The van der Waals surface area contributed by atoms with Gasteiger partial charge in [0.2, 0.25) is 0 Å². The van der Waals surface area contributed by atoms with Gasteiger partial charge in [0.25, 0.3) is 5.91 Å². The Labute approximate surface area is 163 Å². The Morgan fingerprint density at radius 1 is 1.37 bits per heavy atom. The highest BCUT2D eigenvalue weighted by molar-refractivity contribution is 7.14. The molecule has 0 radical (unpaired) electrons. The number of hydrogen-bond donors (Lipinski definition) is 2. The number of carboxylic acids is 1. The number of rotatable bonds is 4. The van der Waals surface area contributed by atoms with E-state index in [9.17, 15) is 9.59 Å². The van der Waals surface area contributed by atoms with Crippen molar-refractivity contribution in [2.75, 3.05) is 26.2 Å². The third kappa shape index (κ3) is 3.95. The lowest BCUT2D eigenvalue weighted by Crippen LogP contribution is -2.47. The third-order valence-corrected chi connectivity index (χ3v) is 7.15. The SMILES string of the molecule is O=C(O)CN1CCC2(CC1)OCCc1cc(C(=O)NC3C=CCCC3)sc12. The van der Waals surface area contributed by atoms with Gasteiger partial charge in [-0.05, 0) is 50.2 Å². The maximum absolute atomic E-state index is 12.7. The highest BCUT2D eigenvalue weighted by Gasteiger charge is 2.43. The molecule has 1 atom stereocenters. The summed E-state index contributed by atoms with van der Waals surface area (Å²) in [6, 6.07) is 2.17. The molecule has 1 amide bonds. The number of hydrogen-bond acceptors (Lipinski definition) is 5. The van der Waals surface area contributed by atoms with Gasteiger partial charge in [-0.25, -0.2) is 0 Å². The third-order valence-electron chi connectivity index (χ3n) is 5.79. The number of likely N-dealkylation sites (tertiary alicyclic amines) is 1. The largest absolute Gasteiger partial charge is 0.480 e. The molecule has 0 saturated carbocycles. The van der Waals surface area contributed by atoms with E-state index in [-0.39, 0.29) is 24.1 Å². The number of nitrogens with zero attached hydrogens (tertiary/aromatic N) is 1. The van der Waals surface area contributed by atoms with Crippen molar-refractivity contribution in [1.82, 2.24) is 10.2 Å². The molecule has 0 bridgehead atoms.